The van der Waals surface area contributed by atoms with E-state index in [9.17, 15) is 0 Å². The van der Waals surface area contributed by atoms with Crippen molar-refractivity contribution in [2.75, 3.05) is 0 Å². The Morgan fingerprint density at radius 2 is 1.78 bits per heavy atom. The molecule has 1 nitrogen and oxygen atoms in total. The predicted octanol–water partition coefficient (Wildman–Crippen LogP) is 1.77. The average Bonchev–Trinajstić information content (AvgIpc) is 1.80. The predicted molar refractivity (Wildman–Crippen MR) is 40.2 cm³/mol. The molecule has 1 rings (SSSR count). The van der Waals surface area contributed by atoms with Gasteiger partial charge < -0.3 is 5.73 Å². The molecule has 54 valence electrons. The standard InChI is InChI=1S/C8H17N/c1-6-3-4-8(9)5-7(6)2/h6-8H,3-5,9H2,1-2H3. The van der Waals surface area contributed by atoms with Crippen molar-refractivity contribution in [1.29, 1.82) is 0 Å². The van der Waals surface area contributed by atoms with Crippen LogP contribution in [-0.4, -0.2) is 6.04 Å². The highest BCUT2D eigenvalue weighted by Crippen LogP contribution is 2.27. The first-order valence-electron chi connectivity index (χ1n) is 3.95. The quantitative estimate of drug-likeness (QED) is 0.527. The number of nitrogens with two attached hydrogens (primary N) is 1. The first-order chi connectivity index (χ1) is 4.20. The maximum atomic E-state index is 5.79. The molecule has 9 heavy (non-hydrogen) atoms. The van der Waals surface area contributed by atoms with Crippen LogP contribution in [0.15, 0.2) is 0 Å². The molecule has 0 aromatic carbocycles. The summed E-state index contributed by atoms with van der Waals surface area (Å²) in [4.78, 5) is 0. The van der Waals surface area contributed by atoms with Crippen molar-refractivity contribution < 1.29 is 0 Å². The van der Waals surface area contributed by atoms with Gasteiger partial charge >= 0.3 is 0 Å². The van der Waals surface area contributed by atoms with Crippen LogP contribution in [0.1, 0.15) is 33.1 Å². The van der Waals surface area contributed by atoms with Crippen LogP contribution in [0.2, 0.25) is 0 Å². The molecule has 1 fully saturated rings. The Labute approximate surface area is 57.6 Å². The SMILES string of the molecule is CC1CCC(N)CC1C. The zero-order valence-electron chi connectivity index (χ0n) is 6.43. The second-order valence-electron chi connectivity index (χ2n) is 3.53. The lowest BCUT2D eigenvalue weighted by atomic mass is 9.79. The fraction of sp³-hybridized carbons (Fsp3) is 1.00. The molecular weight excluding hydrogens is 110 g/mol. The van der Waals surface area contributed by atoms with Gasteiger partial charge in [0.05, 0.1) is 0 Å². The van der Waals surface area contributed by atoms with E-state index in [0.717, 1.165) is 11.8 Å². The summed E-state index contributed by atoms with van der Waals surface area (Å²) in [5.74, 6) is 1.76. The third-order valence-electron chi connectivity index (χ3n) is 2.64. The summed E-state index contributed by atoms with van der Waals surface area (Å²) in [6, 6.07) is 0.496. The lowest BCUT2D eigenvalue weighted by Gasteiger charge is -2.29. The fourth-order valence-corrected chi connectivity index (χ4v) is 1.59. The lowest BCUT2D eigenvalue weighted by molar-refractivity contribution is 0.251. The number of hydrogen-bond acceptors (Lipinski definition) is 1. The van der Waals surface area contributed by atoms with Crippen molar-refractivity contribution in [3.05, 3.63) is 0 Å². The van der Waals surface area contributed by atoms with Crippen LogP contribution < -0.4 is 5.73 Å². The highest BCUT2D eigenvalue weighted by Gasteiger charge is 2.21. The molecule has 1 heteroatoms. The highest BCUT2D eigenvalue weighted by molar-refractivity contribution is 4.76. The minimum absolute atomic E-state index is 0.496. The van der Waals surface area contributed by atoms with Gasteiger partial charge in [-0.05, 0) is 31.1 Å². The Morgan fingerprint density at radius 3 is 2.22 bits per heavy atom. The van der Waals surface area contributed by atoms with Crippen molar-refractivity contribution >= 4 is 0 Å². The zero-order chi connectivity index (χ0) is 6.85. The summed E-state index contributed by atoms with van der Waals surface area (Å²) in [7, 11) is 0. The largest absolute Gasteiger partial charge is 0.328 e. The first-order valence-corrected chi connectivity index (χ1v) is 3.95. The molecule has 0 spiro atoms. The average molecular weight is 127 g/mol. The molecule has 0 bridgehead atoms. The molecule has 3 unspecified atom stereocenters. The molecule has 1 aliphatic rings. The minimum Gasteiger partial charge on any atom is -0.328 e. The molecule has 0 heterocycles. The van der Waals surface area contributed by atoms with Gasteiger partial charge in [-0.25, -0.2) is 0 Å². The van der Waals surface area contributed by atoms with Crippen LogP contribution in [0.4, 0.5) is 0 Å². The van der Waals surface area contributed by atoms with E-state index in [4.69, 9.17) is 5.73 Å². The molecule has 0 amide bonds. The van der Waals surface area contributed by atoms with Crippen molar-refractivity contribution in [3.63, 3.8) is 0 Å². The third kappa shape index (κ3) is 1.68. The molecule has 3 atom stereocenters. The highest BCUT2D eigenvalue weighted by atomic mass is 14.6. The van der Waals surface area contributed by atoms with Crippen molar-refractivity contribution in [3.8, 4) is 0 Å². The van der Waals surface area contributed by atoms with E-state index in [2.05, 4.69) is 13.8 Å². The van der Waals surface area contributed by atoms with E-state index in [1.807, 2.05) is 0 Å². The Morgan fingerprint density at radius 1 is 1.11 bits per heavy atom. The third-order valence-corrected chi connectivity index (χ3v) is 2.64. The molecule has 1 aliphatic carbocycles. The van der Waals surface area contributed by atoms with Crippen LogP contribution in [0.3, 0.4) is 0 Å². The van der Waals surface area contributed by atoms with E-state index in [-0.39, 0.29) is 0 Å². The van der Waals surface area contributed by atoms with E-state index in [0.29, 0.717) is 6.04 Å². The smallest absolute Gasteiger partial charge is 0.00415 e. The maximum Gasteiger partial charge on any atom is 0.00415 e. The monoisotopic (exact) mass is 127 g/mol. The van der Waals surface area contributed by atoms with E-state index in [1.165, 1.54) is 19.3 Å². The summed E-state index contributed by atoms with van der Waals surface area (Å²) in [5, 5.41) is 0. The molecule has 0 aromatic heterocycles. The van der Waals surface area contributed by atoms with E-state index < -0.39 is 0 Å². The van der Waals surface area contributed by atoms with Crippen LogP contribution in [0, 0.1) is 11.8 Å². The number of rotatable bonds is 0. The van der Waals surface area contributed by atoms with Gasteiger partial charge in [-0.2, -0.15) is 0 Å². The van der Waals surface area contributed by atoms with Crippen molar-refractivity contribution in [1.82, 2.24) is 0 Å². The molecule has 0 aliphatic heterocycles. The minimum atomic E-state index is 0.496. The van der Waals surface area contributed by atoms with E-state index in [1.54, 1.807) is 0 Å². The second kappa shape index (κ2) is 2.70. The van der Waals surface area contributed by atoms with Crippen LogP contribution in [0.5, 0.6) is 0 Å². The summed E-state index contributed by atoms with van der Waals surface area (Å²) < 4.78 is 0. The topological polar surface area (TPSA) is 26.0 Å². The Bertz CT molecular complexity index is 90.6. The van der Waals surface area contributed by atoms with Crippen LogP contribution >= 0.6 is 0 Å². The Balaban J connectivity index is 2.35. The van der Waals surface area contributed by atoms with Crippen LogP contribution in [0.25, 0.3) is 0 Å². The Kier molecular flexibility index (Phi) is 2.12. The molecular formula is C8H17N. The molecule has 0 radical (unpaired) electrons. The maximum absolute atomic E-state index is 5.79. The van der Waals surface area contributed by atoms with Crippen molar-refractivity contribution in [2.45, 2.75) is 39.2 Å². The van der Waals surface area contributed by atoms with Crippen molar-refractivity contribution in [2.24, 2.45) is 17.6 Å². The zero-order valence-corrected chi connectivity index (χ0v) is 6.43. The Hall–Kier alpha value is -0.0400. The van der Waals surface area contributed by atoms with Gasteiger partial charge in [-0.3, -0.25) is 0 Å². The van der Waals surface area contributed by atoms with E-state index >= 15 is 0 Å². The number of hydrogen-bond donors (Lipinski definition) is 1. The van der Waals surface area contributed by atoms with Gasteiger partial charge in [0.15, 0.2) is 0 Å². The lowest BCUT2D eigenvalue weighted by Crippen LogP contribution is -2.30. The molecule has 2 N–H and O–H groups in total. The second-order valence-corrected chi connectivity index (χ2v) is 3.53. The molecule has 1 saturated carbocycles. The molecule has 0 saturated heterocycles. The van der Waals surface area contributed by atoms with Crippen LogP contribution in [-0.2, 0) is 0 Å². The normalized spacial score (nSPS) is 45.0. The molecule has 0 aromatic rings. The summed E-state index contributed by atoms with van der Waals surface area (Å²) in [6.07, 6.45) is 3.81. The van der Waals surface area contributed by atoms with Gasteiger partial charge in [0.25, 0.3) is 0 Å². The summed E-state index contributed by atoms with van der Waals surface area (Å²) in [6.45, 7) is 4.64. The van der Waals surface area contributed by atoms with Gasteiger partial charge in [0.2, 0.25) is 0 Å². The van der Waals surface area contributed by atoms with Gasteiger partial charge in [-0.1, -0.05) is 13.8 Å². The first kappa shape index (κ1) is 7.07. The fourth-order valence-electron chi connectivity index (χ4n) is 1.59. The summed E-state index contributed by atoms with van der Waals surface area (Å²) in [5.41, 5.74) is 5.79. The van der Waals surface area contributed by atoms with Gasteiger partial charge in [0.1, 0.15) is 0 Å². The van der Waals surface area contributed by atoms with Gasteiger partial charge in [-0.15, -0.1) is 0 Å². The van der Waals surface area contributed by atoms with Gasteiger partial charge in [0, 0.05) is 6.04 Å². The summed E-state index contributed by atoms with van der Waals surface area (Å²) >= 11 is 0.